The lowest BCUT2D eigenvalue weighted by atomic mass is 10.2. The molecule has 0 saturated carbocycles. The first-order valence-electron chi connectivity index (χ1n) is 6.23. The van der Waals surface area contributed by atoms with Crippen LogP contribution in [0.15, 0.2) is 16.9 Å². The number of nitrogens with one attached hydrogen (secondary N) is 2. The zero-order valence-electron chi connectivity index (χ0n) is 10.7. The Morgan fingerprint density at radius 2 is 2.47 bits per heavy atom. The maximum Gasteiger partial charge on any atom is 0.364 e. The molecule has 102 valence electrons. The van der Waals surface area contributed by atoms with Crippen LogP contribution in [-0.2, 0) is 4.74 Å². The highest BCUT2D eigenvalue weighted by molar-refractivity contribution is 5.45. The SMILES string of the molecule is CNCC1CN(c2ccc3n[nH]c(=O)n3n2)CCO1. The molecule has 3 rings (SSSR count). The number of ether oxygens (including phenoxy) is 1. The quantitative estimate of drug-likeness (QED) is 0.727. The van der Waals surface area contributed by atoms with E-state index in [1.165, 1.54) is 4.52 Å². The van der Waals surface area contributed by atoms with Gasteiger partial charge < -0.3 is 15.0 Å². The molecule has 1 aliphatic rings. The van der Waals surface area contributed by atoms with Crippen molar-refractivity contribution in [2.45, 2.75) is 6.10 Å². The van der Waals surface area contributed by atoms with E-state index >= 15 is 0 Å². The molecule has 1 saturated heterocycles. The molecule has 2 N–H and O–H groups in total. The van der Waals surface area contributed by atoms with Crippen molar-refractivity contribution in [1.29, 1.82) is 0 Å². The summed E-state index contributed by atoms with van der Waals surface area (Å²) >= 11 is 0. The third-order valence-electron chi connectivity index (χ3n) is 3.15. The van der Waals surface area contributed by atoms with Crippen molar-refractivity contribution in [1.82, 2.24) is 25.1 Å². The van der Waals surface area contributed by atoms with Gasteiger partial charge in [-0.25, -0.2) is 9.89 Å². The maximum absolute atomic E-state index is 11.5. The predicted octanol–water partition coefficient (Wildman–Crippen LogP) is -1.16. The molecule has 0 amide bonds. The van der Waals surface area contributed by atoms with Crippen molar-refractivity contribution in [3.8, 4) is 0 Å². The fourth-order valence-corrected chi connectivity index (χ4v) is 2.24. The molecule has 1 aliphatic heterocycles. The van der Waals surface area contributed by atoms with Crippen LogP contribution in [0.4, 0.5) is 5.82 Å². The molecule has 0 radical (unpaired) electrons. The summed E-state index contributed by atoms with van der Waals surface area (Å²) in [6, 6.07) is 3.65. The average Bonchev–Trinajstić information content (AvgIpc) is 2.81. The molecule has 8 heteroatoms. The number of nitrogens with zero attached hydrogens (tertiary/aromatic N) is 4. The van der Waals surface area contributed by atoms with Crippen LogP contribution < -0.4 is 15.9 Å². The van der Waals surface area contributed by atoms with Crippen LogP contribution >= 0.6 is 0 Å². The van der Waals surface area contributed by atoms with Gasteiger partial charge in [0.15, 0.2) is 5.65 Å². The first-order chi connectivity index (χ1) is 9.28. The number of H-pyrrole nitrogens is 1. The number of fused-ring (bicyclic) bond motifs is 1. The number of rotatable bonds is 3. The van der Waals surface area contributed by atoms with Crippen molar-refractivity contribution in [3.63, 3.8) is 0 Å². The Morgan fingerprint density at radius 3 is 3.32 bits per heavy atom. The highest BCUT2D eigenvalue weighted by Crippen LogP contribution is 2.14. The second kappa shape index (κ2) is 4.98. The van der Waals surface area contributed by atoms with Gasteiger partial charge in [-0.05, 0) is 19.2 Å². The topological polar surface area (TPSA) is 87.6 Å². The van der Waals surface area contributed by atoms with Gasteiger partial charge in [-0.1, -0.05) is 0 Å². The van der Waals surface area contributed by atoms with Crippen molar-refractivity contribution >= 4 is 11.5 Å². The van der Waals surface area contributed by atoms with Crippen LogP contribution in [0, 0.1) is 0 Å². The van der Waals surface area contributed by atoms with Gasteiger partial charge in [0, 0.05) is 19.6 Å². The lowest BCUT2D eigenvalue weighted by Gasteiger charge is -2.33. The molecule has 8 nitrogen and oxygen atoms in total. The standard InChI is InChI=1S/C11H16N6O2/c1-12-6-8-7-16(4-5-19-8)10-3-2-9-13-14-11(18)17(9)15-10/h2-3,8,12H,4-7H2,1H3,(H,14,18). The fraction of sp³-hybridized carbons (Fsp3) is 0.545. The van der Waals surface area contributed by atoms with Gasteiger partial charge >= 0.3 is 5.69 Å². The van der Waals surface area contributed by atoms with Gasteiger partial charge in [-0.2, -0.15) is 9.61 Å². The highest BCUT2D eigenvalue weighted by Gasteiger charge is 2.21. The smallest absolute Gasteiger partial charge is 0.364 e. The summed E-state index contributed by atoms with van der Waals surface area (Å²) in [6.07, 6.45) is 0.136. The fourth-order valence-electron chi connectivity index (χ4n) is 2.24. The Balaban J connectivity index is 1.86. The number of morpholine rings is 1. The van der Waals surface area contributed by atoms with E-state index in [1.54, 1.807) is 6.07 Å². The van der Waals surface area contributed by atoms with Gasteiger partial charge in [0.1, 0.15) is 5.82 Å². The largest absolute Gasteiger partial charge is 0.373 e. The average molecular weight is 264 g/mol. The molecule has 0 aromatic carbocycles. The Bertz CT molecular complexity index is 619. The molecule has 2 aromatic rings. The molecule has 1 unspecified atom stereocenters. The van der Waals surface area contributed by atoms with E-state index in [0.717, 1.165) is 25.5 Å². The minimum atomic E-state index is -0.322. The predicted molar refractivity (Wildman–Crippen MR) is 69.5 cm³/mol. The van der Waals surface area contributed by atoms with Crippen LogP contribution in [0.1, 0.15) is 0 Å². The Morgan fingerprint density at radius 1 is 1.58 bits per heavy atom. The summed E-state index contributed by atoms with van der Waals surface area (Å²) in [5.41, 5.74) is 0.200. The molecular weight excluding hydrogens is 248 g/mol. The first kappa shape index (κ1) is 12.1. The van der Waals surface area contributed by atoms with E-state index in [1.807, 2.05) is 13.1 Å². The van der Waals surface area contributed by atoms with Crippen molar-refractivity contribution in [2.24, 2.45) is 0 Å². The Kier molecular flexibility index (Phi) is 3.18. The van der Waals surface area contributed by atoms with E-state index < -0.39 is 0 Å². The highest BCUT2D eigenvalue weighted by atomic mass is 16.5. The lowest BCUT2D eigenvalue weighted by Crippen LogP contribution is -2.46. The van der Waals surface area contributed by atoms with Gasteiger partial charge in [0.2, 0.25) is 0 Å². The van der Waals surface area contributed by atoms with Crippen LogP contribution in [0.3, 0.4) is 0 Å². The molecule has 0 bridgehead atoms. The van der Waals surface area contributed by atoms with Gasteiger partial charge in [0.25, 0.3) is 0 Å². The molecule has 0 spiro atoms. The second-order valence-corrected chi connectivity index (χ2v) is 4.49. The number of aromatic amines is 1. The monoisotopic (exact) mass is 264 g/mol. The summed E-state index contributed by atoms with van der Waals surface area (Å²) < 4.78 is 6.92. The molecule has 3 heterocycles. The Hall–Kier alpha value is -1.93. The van der Waals surface area contributed by atoms with Gasteiger partial charge in [-0.3, -0.25) is 0 Å². The molecular formula is C11H16N6O2. The molecule has 1 fully saturated rings. The number of likely N-dealkylation sites (N-methyl/N-ethyl adjacent to an activating group) is 1. The van der Waals surface area contributed by atoms with E-state index in [9.17, 15) is 4.79 Å². The third-order valence-corrected chi connectivity index (χ3v) is 3.15. The first-order valence-corrected chi connectivity index (χ1v) is 6.23. The maximum atomic E-state index is 11.5. The normalized spacial score (nSPS) is 20.1. The zero-order chi connectivity index (χ0) is 13.2. The number of hydrogen-bond acceptors (Lipinski definition) is 6. The van der Waals surface area contributed by atoms with Crippen LogP contribution in [0.5, 0.6) is 0 Å². The number of aromatic nitrogens is 4. The summed E-state index contributed by atoms with van der Waals surface area (Å²) in [4.78, 5) is 13.6. The molecule has 1 atom stereocenters. The summed E-state index contributed by atoms with van der Waals surface area (Å²) in [6.45, 7) is 2.98. The van der Waals surface area contributed by atoms with E-state index in [-0.39, 0.29) is 11.8 Å². The molecule has 19 heavy (non-hydrogen) atoms. The Labute approximate surface area is 109 Å². The van der Waals surface area contributed by atoms with E-state index in [4.69, 9.17) is 4.74 Å². The summed E-state index contributed by atoms with van der Waals surface area (Å²) in [7, 11) is 1.90. The lowest BCUT2D eigenvalue weighted by molar-refractivity contribution is 0.0418. The van der Waals surface area contributed by atoms with Crippen molar-refractivity contribution in [2.75, 3.05) is 38.2 Å². The van der Waals surface area contributed by atoms with Gasteiger partial charge in [-0.15, -0.1) is 5.10 Å². The van der Waals surface area contributed by atoms with Crippen molar-refractivity contribution < 1.29 is 4.74 Å². The second-order valence-electron chi connectivity index (χ2n) is 4.49. The van der Waals surface area contributed by atoms with E-state index in [2.05, 4.69) is 25.5 Å². The van der Waals surface area contributed by atoms with Crippen LogP contribution in [0.25, 0.3) is 5.65 Å². The number of anilines is 1. The van der Waals surface area contributed by atoms with Crippen molar-refractivity contribution in [3.05, 3.63) is 22.6 Å². The van der Waals surface area contributed by atoms with Gasteiger partial charge in [0.05, 0.1) is 12.7 Å². The summed E-state index contributed by atoms with van der Waals surface area (Å²) in [5.74, 6) is 0.764. The third kappa shape index (κ3) is 2.32. The minimum absolute atomic E-state index is 0.136. The zero-order valence-corrected chi connectivity index (χ0v) is 10.7. The van der Waals surface area contributed by atoms with E-state index in [0.29, 0.717) is 12.3 Å². The minimum Gasteiger partial charge on any atom is -0.373 e. The molecule has 0 aliphatic carbocycles. The number of hydrogen-bond donors (Lipinski definition) is 2. The van der Waals surface area contributed by atoms with Crippen LogP contribution in [-0.4, -0.2) is 59.2 Å². The van der Waals surface area contributed by atoms with Crippen LogP contribution in [0.2, 0.25) is 0 Å². The summed E-state index contributed by atoms with van der Waals surface area (Å²) in [5, 5.41) is 13.7. The molecule has 2 aromatic heterocycles.